The number of carbonyl (C=O) groups excluding carboxylic acids is 1. The maximum absolute atomic E-state index is 12.1. The number of rotatable bonds is 3. The molecule has 1 heterocycles. The summed E-state index contributed by atoms with van der Waals surface area (Å²) in [6.07, 6.45) is 0. The first kappa shape index (κ1) is 13.7. The summed E-state index contributed by atoms with van der Waals surface area (Å²) < 4.78 is 0. The molecule has 0 atom stereocenters. The van der Waals surface area contributed by atoms with Crippen molar-refractivity contribution in [2.75, 3.05) is 5.32 Å². The fourth-order valence-corrected chi connectivity index (χ4v) is 1.92. The highest BCUT2D eigenvalue weighted by molar-refractivity contribution is 6.05. The third-order valence-electron chi connectivity index (χ3n) is 3.02. The number of anilines is 1. The Morgan fingerprint density at radius 3 is 2.55 bits per heavy atom. The first-order valence-electron chi connectivity index (χ1n) is 5.98. The fourth-order valence-electron chi connectivity index (χ4n) is 1.92. The van der Waals surface area contributed by atoms with E-state index in [-0.39, 0.29) is 11.6 Å². The number of nitro benzene ring substituents is 1. The Bertz CT molecular complexity index is 671. The average molecular weight is 274 g/mol. The van der Waals surface area contributed by atoms with Crippen molar-refractivity contribution in [3.05, 3.63) is 50.8 Å². The van der Waals surface area contributed by atoms with Crippen LogP contribution in [0.2, 0.25) is 0 Å². The number of hydrogen-bond donors (Lipinski definition) is 2. The lowest BCUT2D eigenvalue weighted by Crippen LogP contribution is -2.13. The van der Waals surface area contributed by atoms with Gasteiger partial charge in [0.2, 0.25) is 0 Å². The van der Waals surface area contributed by atoms with Crippen molar-refractivity contribution >= 4 is 17.3 Å². The molecule has 1 aromatic heterocycles. The predicted octanol–water partition coefficient (Wildman–Crippen LogP) is 2.50. The number of nitrogens with zero attached hydrogens (tertiary/aromatic N) is 2. The molecular weight excluding hydrogens is 260 g/mol. The summed E-state index contributed by atoms with van der Waals surface area (Å²) in [4.78, 5) is 22.4. The first-order valence-corrected chi connectivity index (χ1v) is 5.98. The van der Waals surface area contributed by atoms with E-state index < -0.39 is 4.92 Å². The number of nitro groups is 1. The van der Waals surface area contributed by atoms with E-state index in [1.807, 2.05) is 0 Å². The Hall–Kier alpha value is -2.70. The number of hydrogen-bond acceptors (Lipinski definition) is 4. The van der Waals surface area contributed by atoms with Crippen molar-refractivity contribution in [1.82, 2.24) is 10.2 Å². The number of aromatic nitrogens is 2. The number of benzene rings is 1. The van der Waals surface area contributed by atoms with Gasteiger partial charge in [-0.15, -0.1) is 0 Å². The van der Waals surface area contributed by atoms with Crippen LogP contribution in [0.15, 0.2) is 18.2 Å². The smallest absolute Gasteiger partial charge is 0.272 e. The van der Waals surface area contributed by atoms with E-state index in [9.17, 15) is 14.9 Å². The first-order chi connectivity index (χ1) is 9.40. The molecule has 2 aromatic rings. The lowest BCUT2D eigenvalue weighted by atomic mass is 10.1. The van der Waals surface area contributed by atoms with Gasteiger partial charge in [0.1, 0.15) is 0 Å². The molecule has 1 amide bonds. The standard InChI is InChI=1S/C13H14N4O3/c1-7-6-10(4-5-11(7)17(19)20)13(18)14-12-8(2)15-16-9(12)3/h4-6H,1-3H3,(H,14,18)(H,15,16). The van der Waals surface area contributed by atoms with E-state index in [2.05, 4.69) is 15.5 Å². The number of carbonyl (C=O) groups is 1. The summed E-state index contributed by atoms with van der Waals surface area (Å²) in [5, 5.41) is 20.3. The Morgan fingerprint density at radius 2 is 2.05 bits per heavy atom. The molecule has 1 aromatic carbocycles. The van der Waals surface area contributed by atoms with E-state index in [4.69, 9.17) is 0 Å². The van der Waals surface area contributed by atoms with E-state index in [1.165, 1.54) is 18.2 Å². The van der Waals surface area contributed by atoms with Crippen LogP contribution in [-0.2, 0) is 0 Å². The summed E-state index contributed by atoms with van der Waals surface area (Å²) in [7, 11) is 0. The molecule has 0 unspecified atom stereocenters. The highest BCUT2D eigenvalue weighted by Crippen LogP contribution is 2.21. The van der Waals surface area contributed by atoms with Gasteiger partial charge < -0.3 is 5.32 Å². The second kappa shape index (κ2) is 5.12. The lowest BCUT2D eigenvalue weighted by Gasteiger charge is -2.06. The minimum atomic E-state index is -0.471. The van der Waals surface area contributed by atoms with Crippen molar-refractivity contribution in [2.24, 2.45) is 0 Å². The molecular formula is C13H14N4O3. The van der Waals surface area contributed by atoms with Crippen LogP contribution in [0.5, 0.6) is 0 Å². The maximum Gasteiger partial charge on any atom is 0.272 e. The number of H-pyrrole nitrogens is 1. The third kappa shape index (κ3) is 2.51. The van der Waals surface area contributed by atoms with Crippen LogP contribution in [0, 0.1) is 30.9 Å². The van der Waals surface area contributed by atoms with Gasteiger partial charge in [0.15, 0.2) is 0 Å². The minimum absolute atomic E-state index is 0.00257. The quantitative estimate of drug-likeness (QED) is 0.663. The van der Waals surface area contributed by atoms with Crippen molar-refractivity contribution in [2.45, 2.75) is 20.8 Å². The normalized spacial score (nSPS) is 10.3. The number of aromatic amines is 1. The van der Waals surface area contributed by atoms with Crippen LogP contribution in [0.3, 0.4) is 0 Å². The summed E-state index contributed by atoms with van der Waals surface area (Å²) in [5.74, 6) is -0.324. The van der Waals surface area contributed by atoms with E-state index >= 15 is 0 Å². The molecule has 7 nitrogen and oxygen atoms in total. The van der Waals surface area contributed by atoms with Crippen molar-refractivity contribution in [3.8, 4) is 0 Å². The Balaban J connectivity index is 2.26. The van der Waals surface area contributed by atoms with E-state index in [0.29, 0.717) is 22.5 Å². The molecule has 0 saturated carbocycles. The molecule has 0 aliphatic heterocycles. The van der Waals surface area contributed by atoms with Gasteiger partial charge in [-0.25, -0.2) is 0 Å². The van der Waals surface area contributed by atoms with Crippen LogP contribution < -0.4 is 5.32 Å². The van der Waals surface area contributed by atoms with Gasteiger partial charge in [-0.1, -0.05) is 0 Å². The largest absolute Gasteiger partial charge is 0.319 e. The van der Waals surface area contributed by atoms with E-state index in [0.717, 1.165) is 5.69 Å². The molecule has 0 aliphatic rings. The minimum Gasteiger partial charge on any atom is -0.319 e. The molecule has 0 radical (unpaired) electrons. The third-order valence-corrected chi connectivity index (χ3v) is 3.02. The zero-order valence-electron chi connectivity index (χ0n) is 11.4. The van der Waals surface area contributed by atoms with Gasteiger partial charge in [-0.05, 0) is 32.9 Å². The molecule has 2 rings (SSSR count). The van der Waals surface area contributed by atoms with Crippen molar-refractivity contribution in [3.63, 3.8) is 0 Å². The average Bonchev–Trinajstić information content (AvgIpc) is 2.70. The van der Waals surface area contributed by atoms with Crippen LogP contribution in [-0.4, -0.2) is 21.0 Å². The second-order valence-electron chi connectivity index (χ2n) is 4.52. The van der Waals surface area contributed by atoms with Gasteiger partial charge in [-0.3, -0.25) is 20.0 Å². The molecule has 0 spiro atoms. The Morgan fingerprint density at radius 1 is 1.35 bits per heavy atom. The molecule has 0 saturated heterocycles. The maximum atomic E-state index is 12.1. The van der Waals surface area contributed by atoms with Gasteiger partial charge in [0.05, 0.1) is 22.0 Å². The summed E-state index contributed by atoms with van der Waals surface area (Å²) in [6, 6.07) is 4.27. The summed E-state index contributed by atoms with van der Waals surface area (Å²) in [5.41, 5.74) is 2.89. The monoisotopic (exact) mass is 274 g/mol. The molecule has 7 heteroatoms. The fraction of sp³-hybridized carbons (Fsp3) is 0.231. The molecule has 2 N–H and O–H groups in total. The van der Waals surface area contributed by atoms with Gasteiger partial charge >= 0.3 is 0 Å². The summed E-state index contributed by atoms with van der Waals surface area (Å²) in [6.45, 7) is 5.18. The zero-order valence-corrected chi connectivity index (χ0v) is 11.4. The molecule has 20 heavy (non-hydrogen) atoms. The van der Waals surface area contributed by atoms with Crippen molar-refractivity contribution < 1.29 is 9.72 Å². The topological polar surface area (TPSA) is 101 Å². The molecule has 0 aliphatic carbocycles. The second-order valence-corrected chi connectivity index (χ2v) is 4.52. The SMILES string of the molecule is Cc1cc(C(=O)Nc2c(C)n[nH]c2C)ccc1[N+](=O)[O-]. The van der Waals surface area contributed by atoms with Crippen LogP contribution in [0.1, 0.15) is 27.3 Å². The van der Waals surface area contributed by atoms with Crippen LogP contribution in [0.25, 0.3) is 0 Å². The molecule has 0 bridgehead atoms. The lowest BCUT2D eigenvalue weighted by molar-refractivity contribution is -0.385. The predicted molar refractivity (Wildman–Crippen MR) is 73.8 cm³/mol. The van der Waals surface area contributed by atoms with Crippen LogP contribution in [0.4, 0.5) is 11.4 Å². The number of amides is 1. The highest BCUT2D eigenvalue weighted by atomic mass is 16.6. The van der Waals surface area contributed by atoms with Gasteiger partial charge in [0.25, 0.3) is 11.6 Å². The molecule has 0 fully saturated rings. The highest BCUT2D eigenvalue weighted by Gasteiger charge is 2.15. The molecule has 104 valence electrons. The number of aryl methyl sites for hydroxylation is 3. The van der Waals surface area contributed by atoms with Crippen molar-refractivity contribution in [1.29, 1.82) is 0 Å². The van der Waals surface area contributed by atoms with E-state index in [1.54, 1.807) is 20.8 Å². The zero-order chi connectivity index (χ0) is 14.9. The van der Waals surface area contributed by atoms with Gasteiger partial charge in [-0.2, -0.15) is 5.10 Å². The Labute approximate surface area is 115 Å². The van der Waals surface area contributed by atoms with Crippen LogP contribution >= 0.6 is 0 Å². The Kier molecular flexibility index (Phi) is 3.51. The summed E-state index contributed by atoms with van der Waals surface area (Å²) >= 11 is 0. The number of nitrogens with one attached hydrogen (secondary N) is 2. The van der Waals surface area contributed by atoms with Gasteiger partial charge in [0, 0.05) is 17.2 Å².